The fourth-order valence-corrected chi connectivity index (χ4v) is 3.53. The number of methoxy groups -OCH3 is 2. The molecule has 5 nitrogen and oxygen atoms in total. The molecule has 1 amide bonds. The SMILES string of the molecule is COc1ccc(OC)c(C(=O)C=Cc2ccc(C(=O)NC3CCCCC3)cc2)c1. The van der Waals surface area contributed by atoms with E-state index in [1.54, 1.807) is 43.5 Å². The molecule has 2 aromatic rings. The number of allylic oxidation sites excluding steroid dienone is 1. The van der Waals surface area contributed by atoms with E-state index in [0.717, 1.165) is 18.4 Å². The van der Waals surface area contributed by atoms with E-state index in [4.69, 9.17) is 9.47 Å². The predicted molar refractivity (Wildman–Crippen MR) is 114 cm³/mol. The standard InChI is InChI=1S/C24H27NO4/c1-28-20-13-15-23(29-2)21(16-20)22(26)14-10-17-8-11-18(12-9-17)24(27)25-19-6-4-3-5-7-19/h8-16,19H,3-7H2,1-2H3,(H,25,27). The number of carbonyl (C=O) groups is 2. The van der Waals surface area contributed by atoms with Gasteiger partial charge in [-0.1, -0.05) is 37.5 Å². The third-order valence-electron chi connectivity index (χ3n) is 5.21. The average Bonchev–Trinajstić information content (AvgIpc) is 2.78. The average molecular weight is 393 g/mol. The van der Waals surface area contributed by atoms with Crippen LogP contribution in [0, 0.1) is 0 Å². The number of rotatable bonds is 7. The topological polar surface area (TPSA) is 64.6 Å². The molecule has 0 aromatic heterocycles. The maximum absolute atomic E-state index is 12.6. The largest absolute Gasteiger partial charge is 0.497 e. The molecule has 0 saturated heterocycles. The zero-order valence-electron chi connectivity index (χ0n) is 16.9. The van der Waals surface area contributed by atoms with E-state index in [9.17, 15) is 9.59 Å². The lowest BCUT2D eigenvalue weighted by Crippen LogP contribution is -2.36. The molecular weight excluding hydrogens is 366 g/mol. The van der Waals surface area contributed by atoms with Crippen LogP contribution < -0.4 is 14.8 Å². The predicted octanol–water partition coefficient (Wildman–Crippen LogP) is 4.66. The van der Waals surface area contributed by atoms with Crippen LogP contribution in [0.4, 0.5) is 0 Å². The number of benzene rings is 2. The minimum Gasteiger partial charge on any atom is -0.497 e. The summed E-state index contributed by atoms with van der Waals surface area (Å²) >= 11 is 0. The normalized spacial score (nSPS) is 14.6. The second kappa shape index (κ2) is 9.92. The first-order valence-electron chi connectivity index (χ1n) is 9.96. The molecule has 2 aromatic carbocycles. The molecule has 1 aliphatic carbocycles. The minimum absolute atomic E-state index is 0.0374. The quantitative estimate of drug-likeness (QED) is 0.549. The van der Waals surface area contributed by atoms with Crippen LogP contribution in [-0.2, 0) is 0 Å². The Kier molecular flexibility index (Phi) is 7.06. The lowest BCUT2D eigenvalue weighted by Gasteiger charge is -2.22. The Morgan fingerprint density at radius 2 is 1.69 bits per heavy atom. The second-order valence-corrected chi connectivity index (χ2v) is 7.19. The summed E-state index contributed by atoms with van der Waals surface area (Å²) in [5.41, 5.74) is 1.91. The first kappa shape index (κ1) is 20.6. The summed E-state index contributed by atoms with van der Waals surface area (Å²) in [4.78, 5) is 25.0. The molecule has 0 heterocycles. The number of hydrogen-bond acceptors (Lipinski definition) is 4. The maximum atomic E-state index is 12.6. The van der Waals surface area contributed by atoms with Crippen molar-refractivity contribution in [2.24, 2.45) is 0 Å². The molecule has 0 radical (unpaired) electrons. The van der Waals surface area contributed by atoms with Crippen LogP contribution in [0.15, 0.2) is 48.5 Å². The van der Waals surface area contributed by atoms with Gasteiger partial charge in [0.1, 0.15) is 11.5 Å². The van der Waals surface area contributed by atoms with E-state index >= 15 is 0 Å². The van der Waals surface area contributed by atoms with Gasteiger partial charge in [-0.25, -0.2) is 0 Å². The third kappa shape index (κ3) is 5.47. The van der Waals surface area contributed by atoms with Crippen LogP contribution in [-0.4, -0.2) is 32.0 Å². The summed E-state index contributed by atoms with van der Waals surface area (Å²) in [6.07, 6.45) is 8.96. The molecule has 1 N–H and O–H groups in total. The molecular formula is C24H27NO4. The van der Waals surface area contributed by atoms with Gasteiger partial charge in [0, 0.05) is 11.6 Å². The summed E-state index contributed by atoms with van der Waals surface area (Å²) < 4.78 is 10.5. The fourth-order valence-electron chi connectivity index (χ4n) is 3.53. The maximum Gasteiger partial charge on any atom is 0.251 e. The summed E-state index contributed by atoms with van der Waals surface area (Å²) in [7, 11) is 3.08. The van der Waals surface area contributed by atoms with Crippen molar-refractivity contribution < 1.29 is 19.1 Å². The van der Waals surface area contributed by atoms with Crippen molar-refractivity contribution >= 4 is 17.8 Å². The van der Waals surface area contributed by atoms with Gasteiger partial charge in [0.05, 0.1) is 19.8 Å². The van der Waals surface area contributed by atoms with Crippen LogP contribution in [0.5, 0.6) is 11.5 Å². The van der Waals surface area contributed by atoms with Crippen molar-refractivity contribution in [3.63, 3.8) is 0 Å². The molecule has 3 rings (SSSR count). The summed E-state index contributed by atoms with van der Waals surface area (Å²) in [6.45, 7) is 0. The Morgan fingerprint density at radius 1 is 0.966 bits per heavy atom. The summed E-state index contributed by atoms with van der Waals surface area (Å²) in [6, 6.07) is 12.6. The van der Waals surface area contributed by atoms with Crippen LogP contribution >= 0.6 is 0 Å². The number of ketones is 1. The molecule has 152 valence electrons. The fraction of sp³-hybridized carbons (Fsp3) is 0.333. The smallest absolute Gasteiger partial charge is 0.251 e. The number of amides is 1. The minimum atomic E-state index is -0.181. The molecule has 0 aliphatic heterocycles. The van der Waals surface area contributed by atoms with Crippen molar-refractivity contribution in [2.45, 2.75) is 38.1 Å². The van der Waals surface area contributed by atoms with Gasteiger partial charge in [0.15, 0.2) is 5.78 Å². The lowest BCUT2D eigenvalue weighted by atomic mass is 9.95. The van der Waals surface area contributed by atoms with Gasteiger partial charge in [0.2, 0.25) is 0 Å². The zero-order valence-corrected chi connectivity index (χ0v) is 16.9. The first-order chi connectivity index (χ1) is 14.1. The Labute approximate surface area is 171 Å². The van der Waals surface area contributed by atoms with Crippen LogP contribution in [0.25, 0.3) is 6.08 Å². The lowest BCUT2D eigenvalue weighted by molar-refractivity contribution is 0.0927. The van der Waals surface area contributed by atoms with Gasteiger partial charge in [-0.2, -0.15) is 0 Å². The number of ether oxygens (including phenoxy) is 2. The summed E-state index contributed by atoms with van der Waals surface area (Å²) in [5.74, 6) is 0.871. The molecule has 0 spiro atoms. The van der Waals surface area contributed by atoms with Crippen molar-refractivity contribution in [3.05, 3.63) is 65.2 Å². The number of nitrogens with one attached hydrogen (secondary N) is 1. The van der Waals surface area contributed by atoms with Gasteiger partial charge in [-0.3, -0.25) is 9.59 Å². The van der Waals surface area contributed by atoms with Gasteiger partial charge in [-0.15, -0.1) is 0 Å². The van der Waals surface area contributed by atoms with Crippen LogP contribution in [0.1, 0.15) is 58.4 Å². The summed E-state index contributed by atoms with van der Waals surface area (Å²) in [5, 5.41) is 3.11. The van der Waals surface area contributed by atoms with Gasteiger partial charge >= 0.3 is 0 Å². The van der Waals surface area contributed by atoms with Gasteiger partial charge in [0.25, 0.3) is 5.91 Å². The van der Waals surface area contributed by atoms with Crippen molar-refractivity contribution in [3.8, 4) is 11.5 Å². The van der Waals surface area contributed by atoms with E-state index in [0.29, 0.717) is 22.6 Å². The second-order valence-electron chi connectivity index (χ2n) is 7.19. The Balaban J connectivity index is 1.65. The van der Waals surface area contributed by atoms with Crippen LogP contribution in [0.2, 0.25) is 0 Å². The van der Waals surface area contributed by atoms with E-state index in [1.807, 2.05) is 12.1 Å². The molecule has 29 heavy (non-hydrogen) atoms. The van der Waals surface area contributed by atoms with Gasteiger partial charge < -0.3 is 14.8 Å². The molecule has 5 heteroatoms. The Hall–Kier alpha value is -3.08. The third-order valence-corrected chi connectivity index (χ3v) is 5.21. The molecule has 1 saturated carbocycles. The molecule has 0 atom stereocenters. The Bertz CT molecular complexity index is 880. The first-order valence-corrected chi connectivity index (χ1v) is 9.96. The highest BCUT2D eigenvalue weighted by atomic mass is 16.5. The molecule has 0 unspecified atom stereocenters. The Morgan fingerprint density at radius 3 is 2.34 bits per heavy atom. The van der Waals surface area contributed by atoms with Gasteiger partial charge in [-0.05, 0) is 54.8 Å². The molecule has 1 aliphatic rings. The van der Waals surface area contributed by atoms with E-state index < -0.39 is 0 Å². The molecule has 0 bridgehead atoms. The molecule has 1 fully saturated rings. The van der Waals surface area contributed by atoms with Crippen LogP contribution in [0.3, 0.4) is 0 Å². The highest BCUT2D eigenvalue weighted by molar-refractivity contribution is 6.09. The van der Waals surface area contributed by atoms with Crippen molar-refractivity contribution in [2.75, 3.05) is 14.2 Å². The van der Waals surface area contributed by atoms with E-state index in [-0.39, 0.29) is 17.7 Å². The van der Waals surface area contributed by atoms with Crippen molar-refractivity contribution in [1.29, 1.82) is 0 Å². The van der Waals surface area contributed by atoms with E-state index in [2.05, 4.69) is 5.32 Å². The van der Waals surface area contributed by atoms with E-state index in [1.165, 1.54) is 32.4 Å². The van der Waals surface area contributed by atoms with Crippen molar-refractivity contribution in [1.82, 2.24) is 5.32 Å². The highest BCUT2D eigenvalue weighted by Gasteiger charge is 2.16. The zero-order chi connectivity index (χ0) is 20.6. The number of carbonyl (C=O) groups excluding carboxylic acids is 2. The number of hydrogen-bond donors (Lipinski definition) is 1. The highest BCUT2D eigenvalue weighted by Crippen LogP contribution is 2.25. The monoisotopic (exact) mass is 393 g/mol.